The van der Waals surface area contributed by atoms with Crippen LogP contribution in [-0.2, 0) is 9.53 Å². The van der Waals surface area contributed by atoms with Crippen molar-refractivity contribution in [3.05, 3.63) is 34.6 Å². The third kappa shape index (κ3) is 4.31. The molecule has 0 saturated heterocycles. The van der Waals surface area contributed by atoms with E-state index in [1.165, 1.54) is 12.1 Å². The summed E-state index contributed by atoms with van der Waals surface area (Å²) < 4.78 is 18.0. The van der Waals surface area contributed by atoms with Crippen LogP contribution >= 0.6 is 11.6 Å². The van der Waals surface area contributed by atoms with Crippen molar-refractivity contribution in [1.29, 1.82) is 0 Å². The van der Waals surface area contributed by atoms with E-state index < -0.39 is 24.3 Å². The molecule has 0 fully saturated rings. The first-order chi connectivity index (χ1) is 8.52. The van der Waals surface area contributed by atoms with Crippen LogP contribution in [0.1, 0.15) is 10.4 Å². The summed E-state index contributed by atoms with van der Waals surface area (Å²) in [7, 11) is 0. The zero-order valence-electron chi connectivity index (χ0n) is 9.28. The SMILES string of the molecule is O=C(O)COCCNC(=O)c1c(F)cccc1Cl. The molecule has 1 amide bonds. The second-order valence-corrected chi connectivity index (χ2v) is 3.71. The molecular weight excluding hydrogens is 265 g/mol. The van der Waals surface area contributed by atoms with Gasteiger partial charge in [-0.05, 0) is 12.1 Å². The van der Waals surface area contributed by atoms with Crippen molar-refractivity contribution in [2.24, 2.45) is 0 Å². The first-order valence-corrected chi connectivity index (χ1v) is 5.42. The number of hydrogen-bond donors (Lipinski definition) is 2. The minimum Gasteiger partial charge on any atom is -0.480 e. The number of rotatable bonds is 6. The standard InChI is InChI=1S/C11H11ClFNO4/c12-7-2-1-3-8(13)10(7)11(17)14-4-5-18-6-9(15)16/h1-3H,4-6H2,(H,14,17)(H,15,16). The Morgan fingerprint density at radius 1 is 1.44 bits per heavy atom. The van der Waals surface area contributed by atoms with Crippen LogP contribution in [0.3, 0.4) is 0 Å². The number of carboxylic acid groups (broad SMARTS) is 1. The average Bonchev–Trinajstić information content (AvgIpc) is 2.27. The summed E-state index contributed by atoms with van der Waals surface area (Å²) in [4.78, 5) is 21.7. The van der Waals surface area contributed by atoms with Crippen LogP contribution in [0, 0.1) is 5.82 Å². The lowest BCUT2D eigenvalue weighted by atomic mass is 10.2. The predicted octanol–water partition coefficient (Wildman–Crippen LogP) is 1.31. The van der Waals surface area contributed by atoms with Crippen molar-refractivity contribution in [2.45, 2.75) is 0 Å². The topological polar surface area (TPSA) is 75.6 Å². The highest BCUT2D eigenvalue weighted by Gasteiger charge is 2.14. The molecule has 0 aliphatic heterocycles. The number of carbonyl (C=O) groups excluding carboxylic acids is 1. The van der Waals surface area contributed by atoms with Crippen molar-refractivity contribution in [3.8, 4) is 0 Å². The highest BCUT2D eigenvalue weighted by molar-refractivity contribution is 6.33. The van der Waals surface area contributed by atoms with Crippen LogP contribution in [0.5, 0.6) is 0 Å². The van der Waals surface area contributed by atoms with Gasteiger partial charge >= 0.3 is 5.97 Å². The van der Waals surface area contributed by atoms with Gasteiger partial charge in [0.25, 0.3) is 5.91 Å². The van der Waals surface area contributed by atoms with Gasteiger partial charge < -0.3 is 15.2 Å². The zero-order valence-corrected chi connectivity index (χ0v) is 10.0. The number of hydrogen-bond acceptors (Lipinski definition) is 3. The van der Waals surface area contributed by atoms with Crippen LogP contribution in [-0.4, -0.2) is 36.7 Å². The quantitative estimate of drug-likeness (QED) is 0.768. The number of ether oxygens (including phenoxy) is 1. The van der Waals surface area contributed by atoms with Crippen molar-refractivity contribution >= 4 is 23.5 Å². The monoisotopic (exact) mass is 275 g/mol. The summed E-state index contributed by atoms with van der Waals surface area (Å²) in [6.45, 7) is -0.364. The third-order valence-electron chi connectivity index (χ3n) is 1.95. The van der Waals surface area contributed by atoms with E-state index in [-0.39, 0.29) is 23.7 Å². The predicted molar refractivity (Wildman–Crippen MR) is 62.2 cm³/mol. The molecule has 18 heavy (non-hydrogen) atoms. The molecule has 0 aliphatic carbocycles. The summed E-state index contributed by atoms with van der Waals surface area (Å²) in [5.74, 6) is -2.48. The van der Waals surface area contributed by atoms with Gasteiger partial charge in [0.15, 0.2) is 0 Å². The van der Waals surface area contributed by atoms with E-state index in [1.807, 2.05) is 0 Å². The van der Waals surface area contributed by atoms with Crippen LogP contribution in [0.4, 0.5) is 4.39 Å². The molecule has 1 rings (SSSR count). The zero-order chi connectivity index (χ0) is 13.5. The number of amides is 1. The van der Waals surface area contributed by atoms with Crippen molar-refractivity contribution in [2.75, 3.05) is 19.8 Å². The fourth-order valence-corrected chi connectivity index (χ4v) is 1.45. The van der Waals surface area contributed by atoms with Crippen molar-refractivity contribution in [1.82, 2.24) is 5.32 Å². The Morgan fingerprint density at radius 3 is 2.78 bits per heavy atom. The number of aliphatic carboxylic acids is 1. The molecule has 0 bridgehead atoms. The molecule has 0 spiro atoms. The van der Waals surface area contributed by atoms with Crippen LogP contribution in [0.25, 0.3) is 0 Å². The number of carboxylic acids is 1. The van der Waals surface area contributed by atoms with E-state index in [0.717, 1.165) is 6.07 Å². The van der Waals surface area contributed by atoms with E-state index >= 15 is 0 Å². The molecule has 0 radical (unpaired) electrons. The van der Waals surface area contributed by atoms with Crippen LogP contribution in [0.2, 0.25) is 5.02 Å². The first kappa shape index (κ1) is 14.4. The van der Waals surface area contributed by atoms with E-state index in [4.69, 9.17) is 21.4 Å². The average molecular weight is 276 g/mol. The Kier molecular flexibility index (Phi) is 5.54. The third-order valence-corrected chi connectivity index (χ3v) is 2.26. The molecule has 5 nitrogen and oxygen atoms in total. The second-order valence-electron chi connectivity index (χ2n) is 3.30. The van der Waals surface area contributed by atoms with Crippen molar-refractivity contribution < 1.29 is 23.8 Å². The van der Waals surface area contributed by atoms with E-state index in [1.54, 1.807) is 0 Å². The fourth-order valence-electron chi connectivity index (χ4n) is 1.20. The molecule has 7 heteroatoms. The lowest BCUT2D eigenvalue weighted by Crippen LogP contribution is -2.28. The largest absolute Gasteiger partial charge is 0.480 e. The molecule has 0 aromatic heterocycles. The second kappa shape index (κ2) is 6.93. The van der Waals surface area contributed by atoms with E-state index in [2.05, 4.69) is 5.32 Å². The molecule has 2 N–H and O–H groups in total. The minimum atomic E-state index is -1.10. The van der Waals surface area contributed by atoms with Gasteiger partial charge in [-0.1, -0.05) is 17.7 Å². The van der Waals surface area contributed by atoms with Gasteiger partial charge in [-0.15, -0.1) is 0 Å². The van der Waals surface area contributed by atoms with Gasteiger partial charge in [-0.25, -0.2) is 9.18 Å². The molecule has 0 atom stereocenters. The maximum absolute atomic E-state index is 13.3. The Bertz CT molecular complexity index is 432. The Labute approximate surface area is 108 Å². The van der Waals surface area contributed by atoms with Crippen LogP contribution in [0.15, 0.2) is 18.2 Å². The summed E-state index contributed by atoms with van der Waals surface area (Å²) in [5, 5.41) is 10.7. The van der Waals surface area contributed by atoms with Gasteiger partial charge in [0.1, 0.15) is 12.4 Å². The lowest BCUT2D eigenvalue weighted by Gasteiger charge is -2.07. The van der Waals surface area contributed by atoms with Gasteiger partial charge in [-0.3, -0.25) is 4.79 Å². The highest BCUT2D eigenvalue weighted by atomic mass is 35.5. The van der Waals surface area contributed by atoms with Gasteiger partial charge in [0, 0.05) is 6.54 Å². The summed E-state index contributed by atoms with van der Waals surface area (Å²) in [5.41, 5.74) is -0.239. The van der Waals surface area contributed by atoms with E-state index in [9.17, 15) is 14.0 Å². The summed E-state index contributed by atoms with van der Waals surface area (Å²) in [6, 6.07) is 3.92. The Balaban J connectivity index is 2.44. The number of carbonyl (C=O) groups is 2. The lowest BCUT2D eigenvalue weighted by molar-refractivity contribution is -0.142. The summed E-state index contributed by atoms with van der Waals surface area (Å²) >= 11 is 5.70. The van der Waals surface area contributed by atoms with Crippen LogP contribution < -0.4 is 5.32 Å². The molecular formula is C11H11ClFNO4. The molecule has 0 aliphatic rings. The normalized spacial score (nSPS) is 10.1. The Hall–Kier alpha value is -1.66. The maximum Gasteiger partial charge on any atom is 0.329 e. The Morgan fingerprint density at radius 2 is 2.17 bits per heavy atom. The highest BCUT2D eigenvalue weighted by Crippen LogP contribution is 2.18. The number of nitrogens with one attached hydrogen (secondary N) is 1. The molecule has 98 valence electrons. The van der Waals surface area contributed by atoms with Gasteiger partial charge in [-0.2, -0.15) is 0 Å². The van der Waals surface area contributed by atoms with E-state index in [0.29, 0.717) is 0 Å². The molecule has 0 saturated carbocycles. The fraction of sp³-hybridized carbons (Fsp3) is 0.273. The number of benzene rings is 1. The molecule has 0 heterocycles. The number of halogens is 2. The summed E-state index contributed by atoms with van der Waals surface area (Å²) in [6.07, 6.45) is 0. The smallest absolute Gasteiger partial charge is 0.329 e. The maximum atomic E-state index is 13.3. The van der Waals surface area contributed by atoms with Crippen molar-refractivity contribution in [3.63, 3.8) is 0 Å². The minimum absolute atomic E-state index is 0.0129. The molecule has 0 unspecified atom stereocenters. The van der Waals surface area contributed by atoms with Gasteiger partial charge in [0.2, 0.25) is 0 Å². The first-order valence-electron chi connectivity index (χ1n) is 5.04. The van der Waals surface area contributed by atoms with Gasteiger partial charge in [0.05, 0.1) is 17.2 Å². The molecule has 1 aromatic carbocycles. The molecule has 1 aromatic rings.